The molecule has 102 valence electrons. The third kappa shape index (κ3) is 2.67. The van der Waals surface area contributed by atoms with Crippen LogP contribution in [0.2, 0.25) is 0 Å². The van der Waals surface area contributed by atoms with E-state index in [0.717, 1.165) is 12.6 Å². The first kappa shape index (κ1) is 12.7. The SMILES string of the molecule is CN(C)CN1CCC(c2c[nH]c3ccccc23)CC1. The molecule has 0 unspecified atom stereocenters. The topological polar surface area (TPSA) is 22.3 Å². The largest absolute Gasteiger partial charge is 0.361 e. The van der Waals surface area contributed by atoms with Gasteiger partial charge in [-0.05, 0) is 57.6 Å². The number of hydrogen-bond acceptors (Lipinski definition) is 2. The quantitative estimate of drug-likeness (QED) is 0.913. The van der Waals surface area contributed by atoms with Crippen LogP contribution in [-0.4, -0.2) is 48.6 Å². The number of rotatable bonds is 3. The molecular formula is C16H23N3. The normalized spacial score (nSPS) is 18.5. The molecular weight excluding hydrogens is 234 g/mol. The minimum atomic E-state index is 0.717. The van der Waals surface area contributed by atoms with Crippen LogP contribution in [-0.2, 0) is 0 Å². The zero-order valence-corrected chi connectivity index (χ0v) is 11.9. The van der Waals surface area contributed by atoms with Crippen LogP contribution in [0.1, 0.15) is 24.3 Å². The van der Waals surface area contributed by atoms with E-state index in [1.807, 2.05) is 0 Å². The Bertz CT molecular complexity index is 536. The summed E-state index contributed by atoms with van der Waals surface area (Å²) in [5.41, 5.74) is 2.79. The maximum Gasteiger partial charge on any atom is 0.0500 e. The highest BCUT2D eigenvalue weighted by molar-refractivity contribution is 5.83. The molecule has 1 aliphatic rings. The molecule has 1 aromatic carbocycles. The van der Waals surface area contributed by atoms with Gasteiger partial charge in [-0.3, -0.25) is 9.80 Å². The van der Waals surface area contributed by atoms with Crippen molar-refractivity contribution in [3.05, 3.63) is 36.0 Å². The minimum Gasteiger partial charge on any atom is -0.361 e. The molecule has 0 bridgehead atoms. The van der Waals surface area contributed by atoms with Gasteiger partial charge in [0, 0.05) is 17.1 Å². The van der Waals surface area contributed by atoms with Gasteiger partial charge >= 0.3 is 0 Å². The van der Waals surface area contributed by atoms with Gasteiger partial charge in [0.1, 0.15) is 0 Å². The standard InChI is InChI=1S/C16H23N3/c1-18(2)12-19-9-7-13(8-10-19)15-11-17-16-6-4-3-5-14(15)16/h3-6,11,13,17H,7-10,12H2,1-2H3. The first-order valence-corrected chi connectivity index (χ1v) is 7.17. The van der Waals surface area contributed by atoms with Crippen molar-refractivity contribution >= 4 is 10.9 Å². The van der Waals surface area contributed by atoms with Crippen LogP contribution in [0.25, 0.3) is 10.9 Å². The molecule has 3 heteroatoms. The number of piperidine rings is 1. The molecule has 1 aliphatic heterocycles. The number of para-hydroxylation sites is 1. The molecule has 1 saturated heterocycles. The fourth-order valence-electron chi connectivity index (χ4n) is 3.22. The second kappa shape index (κ2) is 5.35. The first-order chi connectivity index (χ1) is 9.24. The smallest absolute Gasteiger partial charge is 0.0500 e. The Balaban J connectivity index is 1.71. The third-order valence-electron chi connectivity index (χ3n) is 4.13. The van der Waals surface area contributed by atoms with Crippen molar-refractivity contribution in [2.45, 2.75) is 18.8 Å². The number of nitrogens with zero attached hydrogens (tertiary/aromatic N) is 2. The van der Waals surface area contributed by atoms with Gasteiger partial charge < -0.3 is 4.98 Å². The number of nitrogens with one attached hydrogen (secondary N) is 1. The van der Waals surface area contributed by atoms with Crippen molar-refractivity contribution in [3.8, 4) is 0 Å². The lowest BCUT2D eigenvalue weighted by atomic mass is 9.89. The van der Waals surface area contributed by atoms with Gasteiger partial charge in [0.2, 0.25) is 0 Å². The highest BCUT2D eigenvalue weighted by Gasteiger charge is 2.22. The van der Waals surface area contributed by atoms with E-state index >= 15 is 0 Å². The van der Waals surface area contributed by atoms with E-state index in [0.29, 0.717) is 0 Å². The van der Waals surface area contributed by atoms with E-state index in [2.05, 4.69) is 59.3 Å². The van der Waals surface area contributed by atoms with Crippen LogP contribution in [0.4, 0.5) is 0 Å². The van der Waals surface area contributed by atoms with E-state index in [4.69, 9.17) is 0 Å². The average Bonchev–Trinajstić information content (AvgIpc) is 2.83. The molecule has 1 aromatic heterocycles. The zero-order chi connectivity index (χ0) is 13.2. The summed E-state index contributed by atoms with van der Waals surface area (Å²) in [5, 5.41) is 1.41. The molecule has 2 heterocycles. The molecule has 0 saturated carbocycles. The predicted octanol–water partition coefficient (Wildman–Crippen LogP) is 2.87. The summed E-state index contributed by atoms with van der Waals surface area (Å²) in [4.78, 5) is 8.21. The lowest BCUT2D eigenvalue weighted by molar-refractivity contribution is 0.141. The van der Waals surface area contributed by atoms with Crippen molar-refractivity contribution in [1.82, 2.24) is 14.8 Å². The highest BCUT2D eigenvalue weighted by Crippen LogP contribution is 2.32. The Morgan fingerprint density at radius 2 is 1.95 bits per heavy atom. The van der Waals surface area contributed by atoms with E-state index in [1.165, 1.54) is 42.4 Å². The van der Waals surface area contributed by atoms with Crippen molar-refractivity contribution in [1.29, 1.82) is 0 Å². The highest BCUT2D eigenvalue weighted by atomic mass is 15.3. The van der Waals surface area contributed by atoms with Crippen molar-refractivity contribution in [2.75, 3.05) is 33.9 Å². The molecule has 0 spiro atoms. The summed E-state index contributed by atoms with van der Waals surface area (Å²) in [6, 6.07) is 8.65. The van der Waals surface area contributed by atoms with E-state index < -0.39 is 0 Å². The van der Waals surface area contributed by atoms with Gasteiger partial charge in [0.05, 0.1) is 6.67 Å². The summed E-state index contributed by atoms with van der Waals surface area (Å²) in [6.45, 7) is 3.51. The van der Waals surface area contributed by atoms with E-state index in [1.54, 1.807) is 0 Å². The Morgan fingerprint density at radius 3 is 2.68 bits per heavy atom. The summed E-state index contributed by atoms with van der Waals surface area (Å²) < 4.78 is 0. The molecule has 0 amide bonds. The number of benzene rings is 1. The van der Waals surface area contributed by atoms with Crippen LogP contribution in [0.5, 0.6) is 0 Å². The van der Waals surface area contributed by atoms with Crippen molar-refractivity contribution < 1.29 is 0 Å². The number of likely N-dealkylation sites (tertiary alicyclic amines) is 1. The second-order valence-corrected chi connectivity index (χ2v) is 5.90. The number of hydrogen-bond donors (Lipinski definition) is 1. The number of fused-ring (bicyclic) bond motifs is 1. The van der Waals surface area contributed by atoms with Crippen LogP contribution >= 0.6 is 0 Å². The zero-order valence-electron chi connectivity index (χ0n) is 11.9. The summed E-state index contributed by atoms with van der Waals surface area (Å²) in [6.07, 6.45) is 4.77. The van der Waals surface area contributed by atoms with Crippen molar-refractivity contribution in [3.63, 3.8) is 0 Å². The lowest BCUT2D eigenvalue weighted by Gasteiger charge is -2.33. The molecule has 0 atom stereocenters. The Labute approximate surface area is 115 Å². The van der Waals surface area contributed by atoms with Gasteiger partial charge in [-0.25, -0.2) is 0 Å². The lowest BCUT2D eigenvalue weighted by Crippen LogP contribution is -2.39. The third-order valence-corrected chi connectivity index (χ3v) is 4.13. The molecule has 3 rings (SSSR count). The Hall–Kier alpha value is -1.32. The fourth-order valence-corrected chi connectivity index (χ4v) is 3.22. The van der Waals surface area contributed by atoms with Gasteiger partial charge in [-0.2, -0.15) is 0 Å². The first-order valence-electron chi connectivity index (χ1n) is 7.17. The average molecular weight is 257 g/mol. The number of H-pyrrole nitrogens is 1. The molecule has 1 N–H and O–H groups in total. The molecule has 0 radical (unpaired) electrons. The number of aromatic amines is 1. The van der Waals surface area contributed by atoms with Crippen LogP contribution < -0.4 is 0 Å². The van der Waals surface area contributed by atoms with Gasteiger partial charge in [0.15, 0.2) is 0 Å². The maximum atomic E-state index is 3.41. The predicted molar refractivity (Wildman–Crippen MR) is 80.4 cm³/mol. The Kier molecular flexibility index (Phi) is 3.58. The fraction of sp³-hybridized carbons (Fsp3) is 0.500. The molecule has 0 aliphatic carbocycles. The molecule has 19 heavy (non-hydrogen) atoms. The maximum absolute atomic E-state index is 3.41. The van der Waals surface area contributed by atoms with E-state index in [9.17, 15) is 0 Å². The molecule has 2 aromatic rings. The molecule has 3 nitrogen and oxygen atoms in total. The monoisotopic (exact) mass is 257 g/mol. The van der Waals surface area contributed by atoms with Crippen LogP contribution in [0, 0.1) is 0 Å². The molecule has 1 fully saturated rings. The van der Waals surface area contributed by atoms with Crippen LogP contribution in [0.15, 0.2) is 30.5 Å². The van der Waals surface area contributed by atoms with Gasteiger partial charge in [-0.1, -0.05) is 18.2 Å². The summed E-state index contributed by atoms with van der Waals surface area (Å²) in [5.74, 6) is 0.717. The van der Waals surface area contributed by atoms with Crippen molar-refractivity contribution in [2.24, 2.45) is 0 Å². The second-order valence-electron chi connectivity index (χ2n) is 5.90. The minimum absolute atomic E-state index is 0.717. The number of aromatic nitrogens is 1. The van der Waals surface area contributed by atoms with Crippen LogP contribution in [0.3, 0.4) is 0 Å². The Morgan fingerprint density at radius 1 is 1.21 bits per heavy atom. The van der Waals surface area contributed by atoms with Gasteiger partial charge in [-0.15, -0.1) is 0 Å². The summed E-state index contributed by atoms with van der Waals surface area (Å²) in [7, 11) is 4.29. The summed E-state index contributed by atoms with van der Waals surface area (Å²) >= 11 is 0. The van der Waals surface area contributed by atoms with Gasteiger partial charge in [0.25, 0.3) is 0 Å². The van der Waals surface area contributed by atoms with E-state index in [-0.39, 0.29) is 0 Å².